The van der Waals surface area contributed by atoms with Gasteiger partial charge in [0.15, 0.2) is 29.3 Å². The predicted octanol–water partition coefficient (Wildman–Crippen LogP) is 4.15. The largest absolute Gasteiger partial charge is 0.619 e. The van der Waals surface area contributed by atoms with Gasteiger partial charge < -0.3 is 19.4 Å². The topological polar surface area (TPSA) is 83.7 Å². The van der Waals surface area contributed by atoms with Gasteiger partial charge in [-0.3, -0.25) is 5.32 Å². The molecule has 0 radical (unpaired) electrons. The molecule has 0 bridgehead atoms. The highest BCUT2D eigenvalue weighted by Gasteiger charge is 2.29. The zero-order valence-electron chi connectivity index (χ0n) is 16.6. The Balaban J connectivity index is 0.00000363. The molecule has 1 aliphatic rings. The van der Waals surface area contributed by atoms with E-state index in [0.29, 0.717) is 22.4 Å². The summed E-state index contributed by atoms with van der Waals surface area (Å²) in [7, 11) is 1.30. The fourth-order valence-electron chi connectivity index (χ4n) is 3.00. The Hall–Kier alpha value is -1.72. The van der Waals surface area contributed by atoms with Crippen LogP contribution in [0.3, 0.4) is 0 Å². The number of hydrogen-bond donors (Lipinski definition) is 1. The number of thioether (sulfide) groups is 1. The first-order valence-electron chi connectivity index (χ1n) is 9.03. The number of carbonyl (C=O) groups excluding carboxylic acids is 1. The van der Waals surface area contributed by atoms with E-state index in [-0.39, 0.29) is 40.4 Å². The minimum Gasteiger partial charge on any atom is -0.619 e. The number of alkyl halides is 2. The van der Waals surface area contributed by atoms with Gasteiger partial charge in [0, 0.05) is 24.3 Å². The molecule has 1 N–H and O–H groups in total. The minimum absolute atomic E-state index is 0. The molecule has 0 amide bonds. The van der Waals surface area contributed by atoms with E-state index in [1.165, 1.54) is 37.1 Å². The third-order valence-corrected chi connectivity index (χ3v) is 6.20. The molecule has 176 valence electrons. The van der Waals surface area contributed by atoms with Crippen molar-refractivity contribution >= 4 is 53.3 Å². The van der Waals surface area contributed by atoms with Gasteiger partial charge in [-0.15, -0.1) is 24.2 Å². The first-order chi connectivity index (χ1) is 14.8. The summed E-state index contributed by atoms with van der Waals surface area (Å²) in [5.74, 6) is 0.136. The van der Waals surface area contributed by atoms with Crippen LogP contribution in [0.4, 0.5) is 8.78 Å². The molecule has 7 nitrogen and oxygen atoms in total. The van der Waals surface area contributed by atoms with E-state index < -0.39 is 24.1 Å². The van der Waals surface area contributed by atoms with Crippen LogP contribution in [0.5, 0.6) is 11.5 Å². The second-order valence-corrected chi connectivity index (χ2v) is 8.44. The molecule has 32 heavy (non-hydrogen) atoms. The van der Waals surface area contributed by atoms with Gasteiger partial charge in [-0.1, -0.05) is 29.3 Å². The number of ether oxygens (including phenoxy) is 3. The summed E-state index contributed by atoms with van der Waals surface area (Å²) < 4.78 is 41.0. The summed E-state index contributed by atoms with van der Waals surface area (Å²) in [5.41, 5.74) is 0.841. The van der Waals surface area contributed by atoms with Crippen LogP contribution in [-0.4, -0.2) is 37.4 Å². The summed E-state index contributed by atoms with van der Waals surface area (Å²) in [5, 5.41) is 14.2. The molecule has 1 fully saturated rings. The van der Waals surface area contributed by atoms with Crippen molar-refractivity contribution in [1.82, 2.24) is 5.32 Å². The Morgan fingerprint density at radius 3 is 2.56 bits per heavy atom. The quantitative estimate of drug-likeness (QED) is 0.311. The number of carbonyl (C=O) groups is 1. The van der Waals surface area contributed by atoms with Gasteiger partial charge in [0.2, 0.25) is 0 Å². The summed E-state index contributed by atoms with van der Waals surface area (Å²) >= 11 is 13.8. The number of aromatic nitrogens is 1. The van der Waals surface area contributed by atoms with Gasteiger partial charge in [-0.25, -0.2) is 4.79 Å². The predicted molar refractivity (Wildman–Crippen MR) is 119 cm³/mol. The number of halogens is 5. The summed E-state index contributed by atoms with van der Waals surface area (Å²) in [4.78, 5) is 12.6. The lowest BCUT2D eigenvalue weighted by molar-refractivity contribution is -0.605. The van der Waals surface area contributed by atoms with Gasteiger partial charge >= 0.3 is 12.6 Å². The van der Waals surface area contributed by atoms with Crippen molar-refractivity contribution in [2.24, 2.45) is 0 Å². The van der Waals surface area contributed by atoms with Crippen LogP contribution in [0.2, 0.25) is 10.0 Å². The molecular weight excluding hydrogens is 513 g/mol. The zero-order valence-corrected chi connectivity index (χ0v) is 19.7. The average molecular weight is 532 g/mol. The number of benzene rings is 1. The van der Waals surface area contributed by atoms with Crippen LogP contribution in [0.15, 0.2) is 30.6 Å². The Bertz CT molecular complexity index is 928. The van der Waals surface area contributed by atoms with Crippen molar-refractivity contribution in [1.29, 1.82) is 0 Å². The molecule has 0 aliphatic carbocycles. The normalized spacial score (nSPS) is 16.4. The van der Waals surface area contributed by atoms with Gasteiger partial charge in [0.1, 0.15) is 16.1 Å². The van der Waals surface area contributed by atoms with Crippen molar-refractivity contribution in [2.45, 2.75) is 24.5 Å². The number of hydrogen-bond acceptors (Lipinski definition) is 7. The van der Waals surface area contributed by atoms with E-state index in [0.717, 1.165) is 18.1 Å². The molecule has 3 rings (SSSR count). The molecule has 1 aromatic heterocycles. The van der Waals surface area contributed by atoms with Crippen molar-refractivity contribution in [3.05, 3.63) is 57.0 Å². The minimum atomic E-state index is -3.03. The van der Waals surface area contributed by atoms with Crippen LogP contribution >= 0.6 is 47.4 Å². The van der Waals surface area contributed by atoms with Gasteiger partial charge in [-0.05, 0) is 17.7 Å². The molecule has 0 saturated carbocycles. The Kier molecular flexibility index (Phi) is 9.90. The Labute approximate surface area is 203 Å². The lowest BCUT2D eigenvalue weighted by atomic mass is 10.0. The maximum atomic E-state index is 12.6. The number of nitrogens with zero attached hydrogens (tertiary/aromatic N) is 1. The van der Waals surface area contributed by atoms with Crippen molar-refractivity contribution in [3.63, 3.8) is 0 Å². The third-order valence-electron chi connectivity index (χ3n) is 4.41. The molecule has 1 aliphatic heterocycles. The van der Waals surface area contributed by atoms with Crippen LogP contribution in [0.1, 0.15) is 17.2 Å². The van der Waals surface area contributed by atoms with Gasteiger partial charge in [-0.2, -0.15) is 13.5 Å². The number of nitrogens with one attached hydrogen (secondary N) is 1. The SMILES string of the molecule is COc1cc(C(Cc2c(Cl)c[n+]([O-])cc2Cl)OC(=O)[C@H]2NCCS2)ccc1OC(F)F.Cl. The van der Waals surface area contributed by atoms with E-state index in [2.05, 4.69) is 10.1 Å². The fourth-order valence-corrected chi connectivity index (χ4v) is 4.49. The van der Waals surface area contributed by atoms with E-state index in [9.17, 15) is 18.8 Å². The van der Waals surface area contributed by atoms with Crippen molar-refractivity contribution in [3.8, 4) is 11.5 Å². The van der Waals surface area contributed by atoms with Crippen molar-refractivity contribution in [2.75, 3.05) is 19.4 Å². The Morgan fingerprint density at radius 1 is 1.31 bits per heavy atom. The summed E-state index contributed by atoms with van der Waals surface area (Å²) in [6, 6.07) is 4.21. The number of pyridine rings is 1. The third kappa shape index (κ3) is 6.64. The lowest BCUT2D eigenvalue weighted by Gasteiger charge is -2.22. The van der Waals surface area contributed by atoms with Gasteiger partial charge in [0.25, 0.3) is 0 Å². The van der Waals surface area contributed by atoms with Crippen LogP contribution in [-0.2, 0) is 16.0 Å². The maximum absolute atomic E-state index is 12.6. The summed E-state index contributed by atoms with van der Waals surface area (Å²) in [6.07, 6.45) is 1.43. The average Bonchev–Trinajstić information content (AvgIpc) is 3.24. The molecule has 2 atom stereocenters. The van der Waals surface area contributed by atoms with Crippen LogP contribution in [0.25, 0.3) is 0 Å². The molecule has 1 unspecified atom stereocenters. The van der Waals surface area contributed by atoms with E-state index in [1.54, 1.807) is 0 Å². The fraction of sp³-hybridized carbons (Fsp3) is 0.368. The zero-order chi connectivity index (χ0) is 22.5. The standard InChI is InChI=1S/C19H18Cl2F2N2O5S.ClH/c1-28-16-6-10(2-3-14(16)30-19(22)23)15(29-18(26)17-24-4-5-31-17)7-11-12(20)8-25(27)9-13(11)21;/h2-3,6,8-9,15,17,19,24H,4-5,7H2,1H3;1H/t15?,17-;/m0./s1. The monoisotopic (exact) mass is 530 g/mol. The maximum Gasteiger partial charge on any atom is 0.387 e. The molecule has 1 saturated heterocycles. The number of esters is 1. The van der Waals surface area contributed by atoms with Crippen LogP contribution < -0.4 is 19.5 Å². The highest BCUT2D eigenvalue weighted by atomic mass is 35.5. The molecule has 1 aromatic carbocycles. The molecule has 0 spiro atoms. The molecular formula is C19H19Cl3F2N2O5S. The van der Waals surface area contributed by atoms with Gasteiger partial charge in [0.05, 0.1) is 7.11 Å². The molecule has 13 heteroatoms. The molecule has 2 heterocycles. The smallest absolute Gasteiger partial charge is 0.387 e. The summed E-state index contributed by atoms with van der Waals surface area (Å²) in [6.45, 7) is -2.36. The first-order valence-corrected chi connectivity index (χ1v) is 10.8. The highest BCUT2D eigenvalue weighted by molar-refractivity contribution is 8.00. The lowest BCUT2D eigenvalue weighted by Crippen LogP contribution is -2.32. The second kappa shape index (κ2) is 11.9. The van der Waals surface area contributed by atoms with Crippen molar-refractivity contribution < 1.29 is 32.5 Å². The second-order valence-electron chi connectivity index (χ2n) is 6.42. The van der Waals surface area contributed by atoms with Crippen LogP contribution in [0, 0.1) is 5.21 Å². The Morgan fingerprint density at radius 2 is 2.00 bits per heavy atom. The van der Waals surface area contributed by atoms with E-state index in [1.807, 2.05) is 0 Å². The highest BCUT2D eigenvalue weighted by Crippen LogP contribution is 2.36. The van der Waals surface area contributed by atoms with E-state index >= 15 is 0 Å². The first kappa shape index (κ1) is 26.5. The number of methoxy groups -OCH3 is 1. The van der Waals surface area contributed by atoms with E-state index in [4.69, 9.17) is 32.7 Å². The number of rotatable bonds is 8. The molecule has 2 aromatic rings.